The average molecular weight is 317 g/mol. The fraction of sp³-hybridized carbons (Fsp3) is 0.950. The molecule has 3 heteroatoms. The van der Waals surface area contributed by atoms with Crippen LogP contribution in [0.3, 0.4) is 0 Å². The van der Waals surface area contributed by atoms with Crippen molar-refractivity contribution in [1.29, 1.82) is 0 Å². The van der Waals surface area contributed by atoms with E-state index in [0.29, 0.717) is 41.6 Å². The van der Waals surface area contributed by atoms with Crippen LogP contribution in [-0.4, -0.2) is 30.7 Å². The van der Waals surface area contributed by atoms with Gasteiger partial charge in [-0.2, -0.15) is 0 Å². The summed E-state index contributed by atoms with van der Waals surface area (Å²) < 4.78 is 0. The molecular weight excluding hydrogens is 281 g/mol. The summed E-state index contributed by atoms with van der Waals surface area (Å²) >= 11 is 0. The summed E-state index contributed by atoms with van der Waals surface area (Å²) in [6.07, 6.45) is 10.5. The molecule has 4 unspecified atom stereocenters. The van der Waals surface area contributed by atoms with Crippen molar-refractivity contribution in [2.45, 2.75) is 103 Å². The lowest BCUT2D eigenvalue weighted by molar-refractivity contribution is -0.145. The van der Waals surface area contributed by atoms with Crippen molar-refractivity contribution in [3.63, 3.8) is 0 Å². The van der Waals surface area contributed by atoms with E-state index in [-0.39, 0.29) is 0 Å². The Morgan fingerprint density at radius 1 is 1.09 bits per heavy atom. The molecule has 1 aliphatic carbocycles. The number of hydrogen-bond donors (Lipinski definition) is 0. The lowest BCUT2D eigenvalue weighted by atomic mass is 9.65. The predicted molar refractivity (Wildman–Crippen MR) is 98.6 cm³/mol. The molecule has 4 atom stereocenters. The van der Waals surface area contributed by atoms with E-state index in [2.05, 4.69) is 32.6 Å². The van der Waals surface area contributed by atoms with Gasteiger partial charge in [0.2, 0.25) is 5.91 Å². The zero-order valence-electron chi connectivity index (χ0n) is 15.8. The van der Waals surface area contributed by atoms with Gasteiger partial charge in [0.25, 0.3) is 0 Å². The van der Waals surface area contributed by atoms with Crippen LogP contribution in [0.1, 0.15) is 85.5 Å². The minimum atomic E-state index is 0.314. The van der Waals surface area contributed by atoms with Crippen LogP contribution in [0.5, 0.6) is 0 Å². The first-order chi connectivity index (χ1) is 10.9. The van der Waals surface area contributed by atoms with Crippen LogP contribution in [0, 0.1) is 17.8 Å². The van der Waals surface area contributed by atoms with Crippen molar-refractivity contribution >= 4 is 13.8 Å². The number of fused-ring (bicyclic) bond motifs is 1. The first kappa shape index (κ1) is 18.9. The summed E-state index contributed by atoms with van der Waals surface area (Å²) in [7, 11) is 6.48. The first-order valence-electron chi connectivity index (χ1n) is 9.96. The SMILES string of the molecule is [B]C1CCCCCCC2C(C1)C(CC(C)C)CC(=O)N2C(C)C. The Hall–Kier alpha value is -0.465. The monoisotopic (exact) mass is 317 g/mol. The smallest absolute Gasteiger partial charge is 0.223 e. The van der Waals surface area contributed by atoms with Crippen LogP contribution in [0.4, 0.5) is 0 Å². The topological polar surface area (TPSA) is 20.3 Å². The minimum Gasteiger partial charge on any atom is -0.337 e. The number of likely N-dealkylation sites (tertiary alicyclic amines) is 1. The second-order valence-corrected chi connectivity index (χ2v) is 8.71. The second-order valence-electron chi connectivity index (χ2n) is 8.71. The van der Waals surface area contributed by atoms with Crippen molar-refractivity contribution in [2.75, 3.05) is 0 Å². The van der Waals surface area contributed by atoms with Crippen molar-refractivity contribution in [2.24, 2.45) is 17.8 Å². The number of carbonyl (C=O) groups excluding carboxylic acids is 1. The number of nitrogens with zero attached hydrogens (tertiary/aromatic N) is 1. The molecule has 0 aromatic carbocycles. The molecule has 2 fully saturated rings. The van der Waals surface area contributed by atoms with Gasteiger partial charge >= 0.3 is 0 Å². The van der Waals surface area contributed by atoms with Crippen LogP contribution in [0.25, 0.3) is 0 Å². The maximum atomic E-state index is 12.8. The zero-order chi connectivity index (χ0) is 17.0. The highest BCUT2D eigenvalue weighted by atomic mass is 16.2. The van der Waals surface area contributed by atoms with Crippen LogP contribution in [-0.2, 0) is 4.79 Å². The third-order valence-electron chi connectivity index (χ3n) is 5.91. The van der Waals surface area contributed by atoms with Crippen LogP contribution >= 0.6 is 0 Å². The van der Waals surface area contributed by atoms with E-state index in [1.165, 1.54) is 38.5 Å². The molecule has 1 saturated carbocycles. The quantitative estimate of drug-likeness (QED) is 0.673. The molecular formula is C20H36BNO. The molecule has 2 aliphatic rings. The van der Waals surface area contributed by atoms with Gasteiger partial charge in [-0.25, -0.2) is 0 Å². The Balaban J connectivity index is 2.26. The highest BCUT2D eigenvalue weighted by Gasteiger charge is 2.42. The van der Waals surface area contributed by atoms with Crippen LogP contribution < -0.4 is 0 Å². The highest BCUT2D eigenvalue weighted by Crippen LogP contribution is 2.42. The van der Waals surface area contributed by atoms with Gasteiger partial charge in [-0.05, 0) is 44.4 Å². The second kappa shape index (κ2) is 8.58. The summed E-state index contributed by atoms with van der Waals surface area (Å²) in [5.41, 5.74) is 0. The largest absolute Gasteiger partial charge is 0.337 e. The predicted octanol–water partition coefficient (Wildman–Crippen LogP) is 4.98. The third kappa shape index (κ3) is 5.00. The van der Waals surface area contributed by atoms with Crippen molar-refractivity contribution in [3.8, 4) is 0 Å². The van der Waals surface area contributed by atoms with E-state index in [9.17, 15) is 4.79 Å². The third-order valence-corrected chi connectivity index (χ3v) is 5.91. The molecule has 1 saturated heterocycles. The molecule has 1 heterocycles. The van der Waals surface area contributed by atoms with Crippen molar-refractivity contribution < 1.29 is 4.79 Å². The molecule has 0 aromatic rings. The molecule has 0 spiro atoms. The molecule has 0 aromatic heterocycles. The maximum Gasteiger partial charge on any atom is 0.223 e. The van der Waals surface area contributed by atoms with E-state index >= 15 is 0 Å². The molecule has 2 nitrogen and oxygen atoms in total. The number of rotatable bonds is 3. The minimum absolute atomic E-state index is 0.314. The van der Waals surface area contributed by atoms with Gasteiger partial charge in [0.05, 0.1) is 7.85 Å². The summed E-state index contributed by atoms with van der Waals surface area (Å²) in [4.78, 5) is 15.0. The summed E-state index contributed by atoms with van der Waals surface area (Å²) in [6.45, 7) is 8.93. The van der Waals surface area contributed by atoms with Crippen LogP contribution in [0.2, 0.25) is 5.82 Å². The van der Waals surface area contributed by atoms with Crippen molar-refractivity contribution in [1.82, 2.24) is 4.90 Å². The number of piperidine rings is 1. The normalized spacial score (nSPS) is 33.8. The summed E-state index contributed by atoms with van der Waals surface area (Å²) in [5.74, 6) is 2.50. The molecule has 130 valence electrons. The Kier molecular flexibility index (Phi) is 7.04. The standard InChI is InChI=1S/C20H36BNO/c1-14(2)11-16-12-20(23)22(15(3)4)19-10-8-6-5-7-9-17(21)13-18(16)19/h14-19H,5-13H2,1-4H3. The molecule has 1 aliphatic heterocycles. The van der Waals surface area contributed by atoms with E-state index < -0.39 is 0 Å². The zero-order valence-corrected chi connectivity index (χ0v) is 15.8. The van der Waals surface area contributed by atoms with E-state index in [4.69, 9.17) is 7.85 Å². The van der Waals surface area contributed by atoms with Gasteiger partial charge in [-0.15, -0.1) is 0 Å². The Bertz CT molecular complexity index is 382. The molecule has 2 rings (SSSR count). The van der Waals surface area contributed by atoms with Gasteiger partial charge < -0.3 is 4.90 Å². The molecule has 0 N–H and O–H groups in total. The lowest BCUT2D eigenvalue weighted by Gasteiger charge is -2.49. The summed E-state index contributed by atoms with van der Waals surface area (Å²) in [5, 5.41) is 0. The Morgan fingerprint density at radius 2 is 1.74 bits per heavy atom. The van der Waals surface area contributed by atoms with E-state index in [1.807, 2.05) is 0 Å². The highest BCUT2D eigenvalue weighted by molar-refractivity contribution is 6.11. The van der Waals surface area contributed by atoms with E-state index in [0.717, 1.165) is 19.3 Å². The fourth-order valence-electron chi connectivity index (χ4n) is 5.00. The Morgan fingerprint density at radius 3 is 2.35 bits per heavy atom. The van der Waals surface area contributed by atoms with Gasteiger partial charge in [0.1, 0.15) is 0 Å². The van der Waals surface area contributed by atoms with Gasteiger partial charge in [-0.3, -0.25) is 4.79 Å². The van der Waals surface area contributed by atoms with Crippen LogP contribution in [0.15, 0.2) is 0 Å². The van der Waals surface area contributed by atoms with Gasteiger partial charge in [0, 0.05) is 18.5 Å². The number of amides is 1. The fourth-order valence-corrected chi connectivity index (χ4v) is 5.00. The van der Waals surface area contributed by atoms with E-state index in [1.54, 1.807) is 0 Å². The summed E-state index contributed by atoms with van der Waals surface area (Å²) in [6, 6.07) is 0.735. The molecule has 23 heavy (non-hydrogen) atoms. The molecule has 2 radical (unpaired) electrons. The average Bonchev–Trinajstić information content (AvgIpc) is 2.44. The Labute approximate surface area is 145 Å². The number of carbonyl (C=O) groups is 1. The maximum absolute atomic E-state index is 12.8. The molecule has 1 amide bonds. The van der Waals surface area contributed by atoms with Gasteiger partial charge in [0.15, 0.2) is 0 Å². The van der Waals surface area contributed by atoms with Crippen molar-refractivity contribution in [3.05, 3.63) is 0 Å². The number of hydrogen-bond acceptors (Lipinski definition) is 1. The van der Waals surface area contributed by atoms with Gasteiger partial charge in [-0.1, -0.05) is 58.2 Å². The molecule has 0 bridgehead atoms. The lowest BCUT2D eigenvalue weighted by Crippen LogP contribution is -2.55. The first-order valence-corrected chi connectivity index (χ1v) is 9.96.